The second-order valence-electron chi connectivity index (χ2n) is 7.31. The third kappa shape index (κ3) is 4.64. The van der Waals surface area contributed by atoms with E-state index in [1.807, 2.05) is 12.1 Å². The van der Waals surface area contributed by atoms with Crippen molar-refractivity contribution in [2.75, 3.05) is 19.0 Å². The van der Waals surface area contributed by atoms with Gasteiger partial charge in [-0.3, -0.25) is 0 Å². The predicted molar refractivity (Wildman–Crippen MR) is 94.1 cm³/mol. The first-order valence-electron chi connectivity index (χ1n) is 7.97. The molecule has 1 saturated carbocycles. The van der Waals surface area contributed by atoms with Crippen LogP contribution in [0, 0.1) is 17.3 Å². The molecule has 1 aliphatic rings. The molecule has 0 unspecified atom stereocenters. The van der Waals surface area contributed by atoms with Crippen LogP contribution in [-0.4, -0.2) is 13.7 Å². The number of anilines is 1. The maximum absolute atomic E-state index is 5.42. The molecule has 2 nitrogen and oxygen atoms in total. The van der Waals surface area contributed by atoms with Gasteiger partial charge in [0.05, 0.1) is 12.8 Å². The minimum atomic E-state index is 0.464. The fourth-order valence-electron chi connectivity index (χ4n) is 3.31. The van der Waals surface area contributed by atoms with Crippen molar-refractivity contribution in [2.24, 2.45) is 17.3 Å². The highest BCUT2D eigenvalue weighted by Gasteiger charge is 2.29. The molecular formula is C18H28BrNO. The Labute approximate surface area is 137 Å². The van der Waals surface area contributed by atoms with Gasteiger partial charge in [-0.2, -0.15) is 0 Å². The number of halogens is 1. The molecule has 1 fully saturated rings. The van der Waals surface area contributed by atoms with Crippen molar-refractivity contribution < 1.29 is 4.74 Å². The first kappa shape index (κ1) is 16.7. The summed E-state index contributed by atoms with van der Waals surface area (Å²) >= 11 is 3.53. The molecule has 2 rings (SSSR count). The number of ether oxygens (including phenoxy) is 1. The van der Waals surface area contributed by atoms with Crippen molar-refractivity contribution in [1.29, 1.82) is 0 Å². The number of hydrogen-bond donors (Lipinski definition) is 1. The maximum Gasteiger partial charge on any atom is 0.142 e. The van der Waals surface area contributed by atoms with Crippen molar-refractivity contribution in [3.05, 3.63) is 22.7 Å². The van der Waals surface area contributed by atoms with Crippen LogP contribution in [0.3, 0.4) is 0 Å². The summed E-state index contributed by atoms with van der Waals surface area (Å²) in [5.74, 6) is 2.59. The molecule has 1 aromatic carbocycles. The highest BCUT2D eigenvalue weighted by Crippen LogP contribution is 2.40. The quantitative estimate of drug-likeness (QED) is 0.746. The van der Waals surface area contributed by atoms with E-state index in [1.165, 1.54) is 25.7 Å². The van der Waals surface area contributed by atoms with Crippen LogP contribution in [0.1, 0.15) is 46.5 Å². The average Bonchev–Trinajstić information content (AvgIpc) is 2.45. The van der Waals surface area contributed by atoms with Gasteiger partial charge in [-0.25, -0.2) is 0 Å². The van der Waals surface area contributed by atoms with Crippen molar-refractivity contribution in [1.82, 2.24) is 0 Å². The normalized spacial score (nSPS) is 22.9. The van der Waals surface area contributed by atoms with Gasteiger partial charge in [-0.05, 0) is 61.1 Å². The van der Waals surface area contributed by atoms with E-state index in [1.54, 1.807) is 7.11 Å². The molecule has 0 spiro atoms. The van der Waals surface area contributed by atoms with Crippen LogP contribution in [0.5, 0.6) is 5.75 Å². The van der Waals surface area contributed by atoms with Crippen LogP contribution in [0.15, 0.2) is 22.7 Å². The summed E-state index contributed by atoms with van der Waals surface area (Å²) in [5, 5.41) is 3.57. The summed E-state index contributed by atoms with van der Waals surface area (Å²) in [6.07, 6.45) is 5.41. The molecule has 3 heteroatoms. The lowest BCUT2D eigenvalue weighted by Crippen LogP contribution is -2.28. The summed E-state index contributed by atoms with van der Waals surface area (Å²) in [4.78, 5) is 0. The minimum absolute atomic E-state index is 0.464. The first-order chi connectivity index (χ1) is 9.90. The van der Waals surface area contributed by atoms with Crippen LogP contribution in [0.2, 0.25) is 0 Å². The topological polar surface area (TPSA) is 21.3 Å². The molecule has 0 amide bonds. The number of hydrogen-bond acceptors (Lipinski definition) is 2. The van der Waals surface area contributed by atoms with Crippen molar-refractivity contribution in [2.45, 2.75) is 46.5 Å². The van der Waals surface area contributed by atoms with E-state index in [0.717, 1.165) is 34.3 Å². The van der Waals surface area contributed by atoms with Crippen LogP contribution in [0.25, 0.3) is 0 Å². The highest BCUT2D eigenvalue weighted by molar-refractivity contribution is 9.10. The van der Waals surface area contributed by atoms with Gasteiger partial charge in [0.2, 0.25) is 0 Å². The molecule has 0 aliphatic heterocycles. The number of methoxy groups -OCH3 is 1. The molecular weight excluding hydrogens is 326 g/mol. The van der Waals surface area contributed by atoms with Gasteiger partial charge in [-0.15, -0.1) is 0 Å². The number of nitrogens with one attached hydrogen (secondary N) is 1. The second-order valence-corrected chi connectivity index (χ2v) is 8.22. The molecule has 1 aromatic rings. The standard InChI is InChI=1S/C18H28BrNO/c1-18(2,3)14-7-5-13(6-8-14)12-20-16-11-15(19)9-10-17(16)21-4/h9-11,13-14,20H,5-8,12H2,1-4H3. The Bertz CT molecular complexity index is 459. The Morgan fingerprint density at radius 2 is 1.86 bits per heavy atom. The largest absolute Gasteiger partial charge is 0.495 e. The zero-order chi connectivity index (χ0) is 15.5. The maximum atomic E-state index is 5.42. The zero-order valence-corrected chi connectivity index (χ0v) is 15.3. The zero-order valence-electron chi connectivity index (χ0n) is 13.7. The summed E-state index contributed by atoms with van der Waals surface area (Å²) in [6, 6.07) is 6.11. The smallest absolute Gasteiger partial charge is 0.142 e. The lowest BCUT2D eigenvalue weighted by molar-refractivity contribution is 0.153. The Morgan fingerprint density at radius 1 is 1.19 bits per heavy atom. The van der Waals surface area contributed by atoms with Crippen LogP contribution in [0.4, 0.5) is 5.69 Å². The summed E-state index contributed by atoms with van der Waals surface area (Å²) in [7, 11) is 1.73. The van der Waals surface area contributed by atoms with E-state index < -0.39 is 0 Å². The molecule has 0 saturated heterocycles. The number of benzene rings is 1. The summed E-state index contributed by atoms with van der Waals surface area (Å²) in [6.45, 7) is 8.18. The average molecular weight is 354 g/mol. The van der Waals surface area contributed by atoms with E-state index >= 15 is 0 Å². The second kappa shape index (κ2) is 7.04. The lowest BCUT2D eigenvalue weighted by Gasteiger charge is -2.37. The minimum Gasteiger partial charge on any atom is -0.495 e. The predicted octanol–water partition coefficient (Wildman–Crippen LogP) is 5.72. The van der Waals surface area contributed by atoms with E-state index in [4.69, 9.17) is 4.74 Å². The Hall–Kier alpha value is -0.700. The van der Waals surface area contributed by atoms with E-state index in [2.05, 4.69) is 48.1 Å². The molecule has 0 bridgehead atoms. The third-order valence-electron chi connectivity index (χ3n) is 4.81. The Balaban J connectivity index is 1.86. The van der Waals surface area contributed by atoms with Gasteiger partial charge in [0.25, 0.3) is 0 Å². The Morgan fingerprint density at radius 3 is 2.43 bits per heavy atom. The monoisotopic (exact) mass is 353 g/mol. The fraction of sp³-hybridized carbons (Fsp3) is 0.667. The molecule has 0 heterocycles. The van der Waals surface area contributed by atoms with Crippen LogP contribution >= 0.6 is 15.9 Å². The molecule has 118 valence electrons. The van der Waals surface area contributed by atoms with Crippen molar-refractivity contribution in [3.63, 3.8) is 0 Å². The molecule has 0 atom stereocenters. The molecule has 1 N–H and O–H groups in total. The molecule has 1 aliphatic carbocycles. The fourth-order valence-corrected chi connectivity index (χ4v) is 3.67. The van der Waals surface area contributed by atoms with Crippen LogP contribution < -0.4 is 10.1 Å². The van der Waals surface area contributed by atoms with Crippen LogP contribution in [-0.2, 0) is 0 Å². The van der Waals surface area contributed by atoms with E-state index in [9.17, 15) is 0 Å². The molecule has 21 heavy (non-hydrogen) atoms. The van der Waals surface area contributed by atoms with Crippen molar-refractivity contribution in [3.8, 4) is 5.75 Å². The summed E-state index contributed by atoms with van der Waals surface area (Å²) in [5.41, 5.74) is 1.55. The molecule has 0 radical (unpaired) electrons. The van der Waals surface area contributed by atoms with Gasteiger partial charge in [0.15, 0.2) is 0 Å². The first-order valence-corrected chi connectivity index (χ1v) is 8.77. The SMILES string of the molecule is COc1ccc(Br)cc1NCC1CCC(C(C)(C)C)CC1. The lowest BCUT2D eigenvalue weighted by atomic mass is 9.70. The highest BCUT2D eigenvalue weighted by atomic mass is 79.9. The third-order valence-corrected chi connectivity index (χ3v) is 5.31. The van der Waals surface area contributed by atoms with Gasteiger partial charge in [0, 0.05) is 11.0 Å². The van der Waals surface area contributed by atoms with Gasteiger partial charge in [-0.1, -0.05) is 36.7 Å². The summed E-state index contributed by atoms with van der Waals surface area (Å²) < 4.78 is 6.50. The van der Waals surface area contributed by atoms with E-state index in [-0.39, 0.29) is 0 Å². The molecule has 0 aromatic heterocycles. The van der Waals surface area contributed by atoms with Crippen molar-refractivity contribution >= 4 is 21.6 Å². The van der Waals surface area contributed by atoms with Gasteiger partial charge in [0.1, 0.15) is 5.75 Å². The Kier molecular flexibility index (Phi) is 5.59. The number of rotatable bonds is 4. The van der Waals surface area contributed by atoms with Gasteiger partial charge < -0.3 is 10.1 Å². The van der Waals surface area contributed by atoms with Gasteiger partial charge >= 0.3 is 0 Å². The van der Waals surface area contributed by atoms with E-state index in [0.29, 0.717) is 5.41 Å².